The third kappa shape index (κ3) is 2.12. The van der Waals surface area contributed by atoms with Gasteiger partial charge in [-0.2, -0.15) is 0 Å². The smallest absolute Gasteiger partial charge is 0.172 e. The molecule has 1 aliphatic rings. The zero-order valence-corrected chi connectivity index (χ0v) is 7.09. The standard InChI is InChI=1S/C4H4N6O2S/c5-9-7-3-1-13(11,12)2-4(3)8-10-6/h1,4H,2H2. The molecule has 0 spiro atoms. The SMILES string of the molecule is [N-]=[N+]=NC1=CS(=O)(=O)CC1N=[N+]=[N-]. The van der Waals surface area contributed by atoms with Crippen molar-refractivity contribution in [3.8, 4) is 0 Å². The predicted molar refractivity (Wildman–Crippen MR) is 43.9 cm³/mol. The first-order valence-electron chi connectivity index (χ1n) is 3.13. The van der Waals surface area contributed by atoms with E-state index in [9.17, 15) is 8.42 Å². The minimum Gasteiger partial charge on any atom is -0.224 e. The fourth-order valence-corrected chi connectivity index (χ4v) is 2.26. The molecule has 1 atom stereocenters. The Bertz CT molecular complexity index is 437. The van der Waals surface area contributed by atoms with Crippen LogP contribution < -0.4 is 0 Å². The molecule has 0 saturated heterocycles. The minimum atomic E-state index is -3.38. The van der Waals surface area contributed by atoms with Crippen LogP contribution in [0.2, 0.25) is 0 Å². The summed E-state index contributed by atoms with van der Waals surface area (Å²) in [5.41, 5.74) is 16.1. The predicted octanol–water partition coefficient (Wildman–Crippen LogP) is 1.25. The van der Waals surface area contributed by atoms with Gasteiger partial charge in [0.25, 0.3) is 0 Å². The second kappa shape index (κ2) is 3.36. The average Bonchev–Trinajstić information content (AvgIpc) is 2.28. The van der Waals surface area contributed by atoms with Gasteiger partial charge in [0, 0.05) is 20.9 Å². The van der Waals surface area contributed by atoms with Crippen LogP contribution in [-0.2, 0) is 9.84 Å². The normalized spacial score (nSPS) is 24.0. The summed E-state index contributed by atoms with van der Waals surface area (Å²) in [5, 5.41) is 7.13. The topological polar surface area (TPSA) is 132 Å². The van der Waals surface area contributed by atoms with Gasteiger partial charge in [0.1, 0.15) is 0 Å². The molecule has 0 amide bonds. The lowest BCUT2D eigenvalue weighted by molar-refractivity contribution is 0.604. The van der Waals surface area contributed by atoms with Crippen molar-refractivity contribution in [3.63, 3.8) is 0 Å². The maximum Gasteiger partial charge on any atom is 0.172 e. The maximum absolute atomic E-state index is 11.0. The highest BCUT2D eigenvalue weighted by molar-refractivity contribution is 7.94. The molecule has 0 N–H and O–H groups in total. The van der Waals surface area contributed by atoms with Crippen molar-refractivity contribution >= 4 is 9.84 Å². The van der Waals surface area contributed by atoms with E-state index >= 15 is 0 Å². The number of hydrogen-bond acceptors (Lipinski definition) is 4. The highest BCUT2D eigenvalue weighted by atomic mass is 32.2. The Morgan fingerprint density at radius 1 is 1.46 bits per heavy atom. The molecule has 1 unspecified atom stereocenters. The Morgan fingerprint density at radius 3 is 2.69 bits per heavy atom. The third-order valence-corrected chi connectivity index (χ3v) is 2.76. The zero-order chi connectivity index (χ0) is 9.90. The lowest BCUT2D eigenvalue weighted by atomic mass is 10.3. The van der Waals surface area contributed by atoms with Crippen molar-refractivity contribution in [2.24, 2.45) is 10.2 Å². The third-order valence-electron chi connectivity index (χ3n) is 1.38. The van der Waals surface area contributed by atoms with Crippen LogP contribution in [0, 0.1) is 0 Å². The van der Waals surface area contributed by atoms with Crippen molar-refractivity contribution < 1.29 is 8.42 Å². The number of hydrogen-bond donors (Lipinski definition) is 0. The number of azide groups is 2. The summed E-state index contributed by atoms with van der Waals surface area (Å²) in [6.07, 6.45) is 0. The summed E-state index contributed by atoms with van der Waals surface area (Å²) in [6.45, 7) is 0. The van der Waals surface area contributed by atoms with Gasteiger partial charge >= 0.3 is 0 Å². The van der Waals surface area contributed by atoms with Gasteiger partial charge in [-0.15, -0.1) is 0 Å². The molecule has 0 aromatic carbocycles. The molecule has 9 heteroatoms. The van der Waals surface area contributed by atoms with E-state index in [1.807, 2.05) is 0 Å². The number of rotatable bonds is 2. The molecular formula is C4H4N6O2S. The van der Waals surface area contributed by atoms with Gasteiger partial charge in [-0.3, -0.25) is 0 Å². The van der Waals surface area contributed by atoms with Gasteiger partial charge in [0.15, 0.2) is 9.84 Å². The molecule has 68 valence electrons. The first-order valence-corrected chi connectivity index (χ1v) is 4.84. The van der Waals surface area contributed by atoms with E-state index in [1.54, 1.807) is 0 Å². The van der Waals surface area contributed by atoms with Crippen molar-refractivity contribution in [3.05, 3.63) is 32.0 Å². The van der Waals surface area contributed by atoms with E-state index in [2.05, 4.69) is 20.1 Å². The fraction of sp³-hybridized carbons (Fsp3) is 0.500. The van der Waals surface area contributed by atoms with Gasteiger partial charge in [-0.1, -0.05) is 10.2 Å². The molecule has 1 rings (SSSR count). The zero-order valence-electron chi connectivity index (χ0n) is 6.27. The Balaban J connectivity index is 3.13. The average molecular weight is 200 g/mol. The van der Waals surface area contributed by atoms with Crippen LogP contribution in [0.1, 0.15) is 0 Å². The van der Waals surface area contributed by atoms with Crippen LogP contribution >= 0.6 is 0 Å². The van der Waals surface area contributed by atoms with E-state index in [0.29, 0.717) is 0 Å². The Labute approximate surface area is 73.0 Å². The second-order valence-corrected chi connectivity index (χ2v) is 4.18. The number of sulfone groups is 1. The molecule has 1 heterocycles. The van der Waals surface area contributed by atoms with Crippen molar-refractivity contribution in [2.45, 2.75) is 6.04 Å². The van der Waals surface area contributed by atoms with Crippen LogP contribution in [0.4, 0.5) is 0 Å². The van der Waals surface area contributed by atoms with Crippen LogP contribution in [0.15, 0.2) is 21.3 Å². The first kappa shape index (κ1) is 9.40. The summed E-state index contributed by atoms with van der Waals surface area (Å²) in [6, 6.07) is -0.897. The lowest BCUT2D eigenvalue weighted by Crippen LogP contribution is -2.09. The van der Waals surface area contributed by atoms with Gasteiger partial charge in [-0.25, -0.2) is 8.42 Å². The molecule has 0 saturated carbocycles. The first-order chi connectivity index (χ1) is 6.09. The van der Waals surface area contributed by atoms with Gasteiger partial charge < -0.3 is 0 Å². The van der Waals surface area contributed by atoms with E-state index < -0.39 is 15.9 Å². The molecule has 0 radical (unpaired) electrons. The summed E-state index contributed by atoms with van der Waals surface area (Å²) in [4.78, 5) is 4.88. The molecular weight excluding hydrogens is 196 g/mol. The molecule has 0 aromatic heterocycles. The van der Waals surface area contributed by atoms with Crippen molar-refractivity contribution in [1.29, 1.82) is 0 Å². The highest BCUT2D eigenvalue weighted by Gasteiger charge is 2.27. The van der Waals surface area contributed by atoms with Crippen molar-refractivity contribution in [1.82, 2.24) is 0 Å². The monoisotopic (exact) mass is 200 g/mol. The number of nitrogens with zero attached hydrogens (tertiary/aromatic N) is 6. The van der Waals surface area contributed by atoms with E-state index in [4.69, 9.17) is 11.1 Å². The second-order valence-electron chi connectivity index (χ2n) is 2.28. The summed E-state index contributed by atoms with van der Waals surface area (Å²) in [7, 11) is -3.38. The highest BCUT2D eigenvalue weighted by Crippen LogP contribution is 2.21. The van der Waals surface area contributed by atoms with Gasteiger partial charge in [-0.05, 0) is 11.1 Å². The molecule has 13 heavy (non-hydrogen) atoms. The molecule has 1 aliphatic heterocycles. The fourth-order valence-electron chi connectivity index (χ4n) is 0.913. The summed E-state index contributed by atoms with van der Waals surface area (Å²) in [5.74, 6) is -0.328. The quantitative estimate of drug-likeness (QED) is 0.377. The molecule has 8 nitrogen and oxygen atoms in total. The minimum absolute atomic E-state index is 0.0553. The van der Waals surface area contributed by atoms with Gasteiger partial charge in [0.2, 0.25) is 0 Å². The maximum atomic E-state index is 11.0. The van der Waals surface area contributed by atoms with E-state index in [-0.39, 0.29) is 11.4 Å². The van der Waals surface area contributed by atoms with Crippen molar-refractivity contribution in [2.75, 3.05) is 5.75 Å². The van der Waals surface area contributed by atoms with Crippen LogP contribution in [-0.4, -0.2) is 20.2 Å². The van der Waals surface area contributed by atoms with Crippen LogP contribution in [0.25, 0.3) is 20.9 Å². The van der Waals surface area contributed by atoms with E-state index in [1.165, 1.54) is 0 Å². The van der Waals surface area contributed by atoms with Gasteiger partial charge in [0.05, 0.1) is 11.8 Å². The summed E-state index contributed by atoms with van der Waals surface area (Å²) >= 11 is 0. The lowest BCUT2D eigenvalue weighted by Gasteiger charge is -1.97. The van der Waals surface area contributed by atoms with Crippen LogP contribution in [0.3, 0.4) is 0 Å². The largest absolute Gasteiger partial charge is 0.224 e. The Morgan fingerprint density at radius 2 is 2.15 bits per heavy atom. The molecule has 0 aromatic rings. The summed E-state index contributed by atoms with van der Waals surface area (Å²) < 4.78 is 21.9. The van der Waals surface area contributed by atoms with E-state index in [0.717, 1.165) is 5.41 Å². The molecule has 0 aliphatic carbocycles. The Hall–Kier alpha value is -1.69. The Kier molecular flexibility index (Phi) is 2.43. The molecule has 0 fully saturated rings. The molecule has 0 bridgehead atoms. The van der Waals surface area contributed by atoms with Crippen LogP contribution in [0.5, 0.6) is 0 Å².